The van der Waals surface area contributed by atoms with Crippen LogP contribution in [0.2, 0.25) is 0 Å². The van der Waals surface area contributed by atoms with Crippen molar-refractivity contribution in [3.8, 4) is 0 Å². The average Bonchev–Trinajstić information content (AvgIpc) is 2.79. The van der Waals surface area contributed by atoms with Gasteiger partial charge in [-0.15, -0.1) is 0 Å². The Balaban J connectivity index is 2.12. The highest BCUT2D eigenvalue weighted by molar-refractivity contribution is 5.96. The van der Waals surface area contributed by atoms with Crippen molar-refractivity contribution in [1.29, 1.82) is 5.41 Å². The van der Waals surface area contributed by atoms with Gasteiger partial charge in [-0.25, -0.2) is 4.39 Å². The molecule has 98 valence electrons. The van der Waals surface area contributed by atoms with Crippen molar-refractivity contribution in [1.82, 2.24) is 4.90 Å². The van der Waals surface area contributed by atoms with Gasteiger partial charge >= 0.3 is 0 Å². The Hall–Kier alpha value is -1.46. The van der Waals surface area contributed by atoms with Gasteiger partial charge in [0.25, 0.3) is 0 Å². The fourth-order valence-electron chi connectivity index (χ4n) is 2.38. The molecule has 1 unspecified atom stereocenters. The Morgan fingerprint density at radius 3 is 2.94 bits per heavy atom. The molecule has 5 heteroatoms. The van der Waals surface area contributed by atoms with Crippen LogP contribution < -0.4 is 5.73 Å². The topological polar surface area (TPSA) is 73.3 Å². The highest BCUT2D eigenvalue weighted by atomic mass is 19.1. The maximum atomic E-state index is 13.1. The van der Waals surface area contributed by atoms with Gasteiger partial charge in [0.05, 0.1) is 0 Å². The van der Waals surface area contributed by atoms with E-state index in [0.717, 1.165) is 25.1 Å². The number of nitrogen functional groups attached to an aromatic ring is 1. The number of nitrogens with two attached hydrogens (primary N) is 1. The van der Waals surface area contributed by atoms with Gasteiger partial charge in [-0.05, 0) is 36.6 Å². The zero-order valence-corrected chi connectivity index (χ0v) is 10.2. The summed E-state index contributed by atoms with van der Waals surface area (Å²) in [5, 5.41) is 16.6. The second-order valence-corrected chi connectivity index (χ2v) is 4.79. The van der Waals surface area contributed by atoms with Gasteiger partial charge in [-0.3, -0.25) is 10.3 Å². The quantitative estimate of drug-likeness (QED) is 0.550. The number of benzene rings is 1. The maximum Gasteiger partial charge on any atom is 0.123 e. The van der Waals surface area contributed by atoms with Crippen LogP contribution in [-0.4, -0.2) is 35.5 Å². The molecule has 0 radical (unpaired) electrons. The lowest BCUT2D eigenvalue weighted by molar-refractivity contribution is 0.220. The van der Waals surface area contributed by atoms with Crippen LogP contribution in [0.25, 0.3) is 0 Å². The van der Waals surface area contributed by atoms with Crippen LogP contribution in [-0.2, 0) is 6.54 Å². The number of hydrogen-bond donors (Lipinski definition) is 3. The van der Waals surface area contributed by atoms with Crippen LogP contribution in [0.1, 0.15) is 17.5 Å². The fourth-order valence-corrected chi connectivity index (χ4v) is 2.38. The Morgan fingerprint density at radius 1 is 1.56 bits per heavy atom. The normalized spacial score (nSPS) is 20.2. The monoisotopic (exact) mass is 251 g/mol. The molecule has 1 aliphatic rings. The molecule has 4 N–H and O–H groups in total. The van der Waals surface area contributed by atoms with E-state index in [2.05, 4.69) is 4.90 Å². The summed E-state index contributed by atoms with van der Waals surface area (Å²) in [6.45, 7) is 2.61. The molecule has 1 fully saturated rings. The lowest BCUT2D eigenvalue weighted by Gasteiger charge is -2.17. The first-order valence-electron chi connectivity index (χ1n) is 6.06. The summed E-state index contributed by atoms with van der Waals surface area (Å²) in [5.41, 5.74) is 6.79. The molecule has 1 aromatic rings. The Kier molecular flexibility index (Phi) is 3.93. The fraction of sp³-hybridized carbons (Fsp3) is 0.462. The van der Waals surface area contributed by atoms with Gasteiger partial charge in [0.2, 0.25) is 0 Å². The average molecular weight is 251 g/mol. The number of nitrogens with one attached hydrogen (secondary N) is 1. The first-order chi connectivity index (χ1) is 8.60. The molecule has 4 nitrogen and oxygen atoms in total. The van der Waals surface area contributed by atoms with Crippen molar-refractivity contribution >= 4 is 5.84 Å². The molecule has 18 heavy (non-hydrogen) atoms. The van der Waals surface area contributed by atoms with Crippen molar-refractivity contribution < 1.29 is 9.50 Å². The minimum Gasteiger partial charge on any atom is -0.396 e. The molecule has 2 rings (SSSR count). The van der Waals surface area contributed by atoms with Crippen LogP contribution in [0, 0.1) is 17.1 Å². The molecule has 0 spiro atoms. The van der Waals surface area contributed by atoms with E-state index in [-0.39, 0.29) is 18.3 Å². The van der Waals surface area contributed by atoms with Crippen molar-refractivity contribution in [2.75, 3.05) is 19.7 Å². The van der Waals surface area contributed by atoms with Crippen LogP contribution in [0.15, 0.2) is 18.2 Å². The summed E-state index contributed by atoms with van der Waals surface area (Å²) in [4.78, 5) is 2.20. The van der Waals surface area contributed by atoms with Crippen molar-refractivity contribution in [2.24, 2.45) is 11.7 Å². The number of aliphatic hydroxyl groups excluding tert-OH is 1. The highest BCUT2D eigenvalue weighted by Crippen LogP contribution is 2.20. The Bertz CT molecular complexity index is 450. The minimum absolute atomic E-state index is 0.109. The molecule has 1 aliphatic heterocycles. The third-order valence-corrected chi connectivity index (χ3v) is 3.38. The van der Waals surface area contributed by atoms with E-state index < -0.39 is 0 Å². The molecule has 0 aliphatic carbocycles. The van der Waals surface area contributed by atoms with Crippen LogP contribution in [0.4, 0.5) is 4.39 Å². The summed E-state index contributed by atoms with van der Waals surface area (Å²) in [6.07, 6.45) is 0.979. The predicted molar refractivity (Wildman–Crippen MR) is 67.9 cm³/mol. The van der Waals surface area contributed by atoms with Gasteiger partial charge in [0.15, 0.2) is 0 Å². The predicted octanol–water partition coefficient (Wildman–Crippen LogP) is 0.924. The molecular formula is C13H18FN3O. The number of aliphatic hydroxyl groups is 1. The first-order valence-corrected chi connectivity index (χ1v) is 6.06. The van der Waals surface area contributed by atoms with Gasteiger partial charge < -0.3 is 10.8 Å². The number of rotatable bonds is 4. The molecule has 1 aromatic carbocycles. The van der Waals surface area contributed by atoms with E-state index in [1.807, 2.05) is 0 Å². The molecular weight excluding hydrogens is 233 g/mol. The Labute approximate surface area is 106 Å². The van der Waals surface area contributed by atoms with E-state index in [0.29, 0.717) is 18.0 Å². The standard InChI is InChI=1S/C13H18FN3O/c14-11-2-1-10(12(5-11)13(15)16)7-17-4-3-9(6-17)8-18/h1-2,5,9,18H,3-4,6-8H2,(H3,15,16). The molecule has 0 aromatic heterocycles. The number of likely N-dealkylation sites (tertiary alicyclic amines) is 1. The van der Waals surface area contributed by atoms with Crippen LogP contribution in [0.5, 0.6) is 0 Å². The second-order valence-electron chi connectivity index (χ2n) is 4.79. The van der Waals surface area contributed by atoms with Crippen molar-refractivity contribution in [2.45, 2.75) is 13.0 Å². The largest absolute Gasteiger partial charge is 0.396 e. The van der Waals surface area contributed by atoms with E-state index >= 15 is 0 Å². The van der Waals surface area contributed by atoms with E-state index in [9.17, 15) is 4.39 Å². The lowest BCUT2D eigenvalue weighted by atomic mass is 10.1. The van der Waals surface area contributed by atoms with E-state index in [1.54, 1.807) is 6.07 Å². The smallest absolute Gasteiger partial charge is 0.123 e. The molecule has 0 saturated carbocycles. The third kappa shape index (κ3) is 2.86. The lowest BCUT2D eigenvalue weighted by Crippen LogP contribution is -2.23. The number of nitrogens with zero attached hydrogens (tertiary/aromatic N) is 1. The highest BCUT2D eigenvalue weighted by Gasteiger charge is 2.22. The van der Waals surface area contributed by atoms with Crippen molar-refractivity contribution in [3.05, 3.63) is 35.1 Å². The maximum absolute atomic E-state index is 13.1. The number of halogens is 1. The zero-order chi connectivity index (χ0) is 13.1. The van der Waals surface area contributed by atoms with Gasteiger partial charge in [0, 0.05) is 25.3 Å². The third-order valence-electron chi connectivity index (χ3n) is 3.38. The zero-order valence-electron chi connectivity index (χ0n) is 10.2. The molecule has 1 heterocycles. The molecule has 1 saturated heterocycles. The van der Waals surface area contributed by atoms with E-state index in [4.69, 9.17) is 16.2 Å². The van der Waals surface area contributed by atoms with Crippen molar-refractivity contribution in [3.63, 3.8) is 0 Å². The van der Waals surface area contributed by atoms with Gasteiger partial charge in [0.1, 0.15) is 11.7 Å². The van der Waals surface area contributed by atoms with Crippen LogP contribution >= 0.6 is 0 Å². The summed E-state index contributed by atoms with van der Waals surface area (Å²) < 4.78 is 13.1. The Morgan fingerprint density at radius 2 is 2.33 bits per heavy atom. The van der Waals surface area contributed by atoms with Gasteiger partial charge in [-0.2, -0.15) is 0 Å². The SMILES string of the molecule is N=C(N)c1cc(F)ccc1CN1CCC(CO)C1. The van der Waals surface area contributed by atoms with Crippen LogP contribution in [0.3, 0.4) is 0 Å². The minimum atomic E-state index is -0.376. The molecule has 0 bridgehead atoms. The number of hydrogen-bond acceptors (Lipinski definition) is 3. The first kappa shape index (κ1) is 13.0. The summed E-state index contributed by atoms with van der Waals surface area (Å²) >= 11 is 0. The molecule has 1 atom stereocenters. The number of amidine groups is 1. The second kappa shape index (κ2) is 5.46. The summed E-state index contributed by atoms with van der Waals surface area (Å²) in [5.74, 6) is -0.160. The summed E-state index contributed by atoms with van der Waals surface area (Å²) in [7, 11) is 0. The summed E-state index contributed by atoms with van der Waals surface area (Å²) in [6, 6.07) is 4.37. The molecule has 0 amide bonds. The van der Waals surface area contributed by atoms with E-state index in [1.165, 1.54) is 12.1 Å². The van der Waals surface area contributed by atoms with Gasteiger partial charge in [-0.1, -0.05) is 6.07 Å².